The Hall–Kier alpha value is -1.86. The number of non-ortho nitro benzene ring substituents is 1. The number of hydrogen-bond donors (Lipinski definition) is 1. The summed E-state index contributed by atoms with van der Waals surface area (Å²) >= 11 is 4.72. The second-order valence-corrected chi connectivity index (χ2v) is 6.21. The summed E-state index contributed by atoms with van der Waals surface area (Å²) in [6.45, 7) is 0. The van der Waals surface area contributed by atoms with E-state index in [0.717, 1.165) is 9.37 Å². The molecule has 0 heterocycles. The van der Waals surface area contributed by atoms with Crippen molar-refractivity contribution in [3.8, 4) is 0 Å². The minimum absolute atomic E-state index is 0.105. The smallest absolute Gasteiger partial charge is 0.307 e. The zero-order valence-corrected chi connectivity index (χ0v) is 13.1. The molecule has 108 valence electrons. The van der Waals surface area contributed by atoms with Crippen LogP contribution >= 0.6 is 27.7 Å². The van der Waals surface area contributed by atoms with Crippen molar-refractivity contribution in [3.63, 3.8) is 0 Å². The third-order valence-corrected chi connectivity index (χ3v) is 4.29. The fourth-order valence-corrected chi connectivity index (χ4v) is 2.90. The lowest BCUT2D eigenvalue weighted by molar-refractivity contribution is -0.385. The monoisotopic (exact) mass is 367 g/mol. The normalized spacial score (nSPS) is 10.3. The molecule has 1 N–H and O–H groups in total. The number of hydrogen-bond acceptors (Lipinski definition) is 4. The van der Waals surface area contributed by atoms with Gasteiger partial charge < -0.3 is 5.11 Å². The van der Waals surface area contributed by atoms with Crippen LogP contribution in [0.4, 0.5) is 5.69 Å². The van der Waals surface area contributed by atoms with Crippen LogP contribution in [0.15, 0.2) is 56.7 Å². The number of carboxylic acids is 1. The fourth-order valence-electron chi connectivity index (χ4n) is 1.71. The third-order valence-electron chi connectivity index (χ3n) is 2.64. The van der Waals surface area contributed by atoms with E-state index in [2.05, 4.69) is 15.9 Å². The van der Waals surface area contributed by atoms with Gasteiger partial charge in [0.1, 0.15) is 0 Å². The van der Waals surface area contributed by atoms with Crippen molar-refractivity contribution < 1.29 is 14.8 Å². The second kappa shape index (κ2) is 6.73. The SMILES string of the molecule is O=C(O)Cc1cc([N+](=O)[O-])ccc1Sc1ccc(Br)cc1. The van der Waals surface area contributed by atoms with Crippen molar-refractivity contribution in [1.82, 2.24) is 0 Å². The summed E-state index contributed by atoms with van der Waals surface area (Å²) in [6, 6.07) is 11.8. The highest BCUT2D eigenvalue weighted by atomic mass is 79.9. The van der Waals surface area contributed by atoms with Gasteiger partial charge >= 0.3 is 5.97 Å². The summed E-state index contributed by atoms with van der Waals surface area (Å²) in [5, 5.41) is 19.7. The Morgan fingerprint density at radius 3 is 2.48 bits per heavy atom. The predicted molar refractivity (Wildman–Crippen MR) is 82.7 cm³/mol. The van der Waals surface area contributed by atoms with Crippen LogP contribution in [0.1, 0.15) is 5.56 Å². The average Bonchev–Trinajstić information content (AvgIpc) is 2.42. The number of rotatable bonds is 5. The van der Waals surface area contributed by atoms with Crippen LogP contribution in [0, 0.1) is 10.1 Å². The first-order valence-corrected chi connectivity index (χ1v) is 7.49. The molecule has 0 aliphatic rings. The zero-order chi connectivity index (χ0) is 15.4. The minimum atomic E-state index is -1.02. The Labute approximate surface area is 133 Å². The van der Waals surface area contributed by atoms with E-state index in [-0.39, 0.29) is 12.1 Å². The number of aliphatic carboxylic acids is 1. The van der Waals surface area contributed by atoms with Gasteiger partial charge in [0.2, 0.25) is 0 Å². The summed E-state index contributed by atoms with van der Waals surface area (Å²) in [5.41, 5.74) is 0.330. The van der Waals surface area contributed by atoms with Crippen molar-refractivity contribution in [2.75, 3.05) is 0 Å². The lowest BCUT2D eigenvalue weighted by Gasteiger charge is -2.07. The van der Waals surface area contributed by atoms with Crippen LogP contribution in [-0.4, -0.2) is 16.0 Å². The molecule has 2 rings (SSSR count). The molecule has 7 heteroatoms. The van der Waals surface area contributed by atoms with Gasteiger partial charge in [-0.05, 0) is 35.9 Å². The summed E-state index contributed by atoms with van der Waals surface area (Å²) in [4.78, 5) is 22.8. The molecule has 0 radical (unpaired) electrons. The Morgan fingerprint density at radius 1 is 1.24 bits per heavy atom. The van der Waals surface area contributed by atoms with Gasteiger partial charge in [0.15, 0.2) is 0 Å². The van der Waals surface area contributed by atoms with Crippen LogP contribution in [-0.2, 0) is 11.2 Å². The van der Waals surface area contributed by atoms with Crippen LogP contribution in [0.25, 0.3) is 0 Å². The zero-order valence-electron chi connectivity index (χ0n) is 10.7. The van der Waals surface area contributed by atoms with Gasteiger partial charge in [0.05, 0.1) is 11.3 Å². The lowest BCUT2D eigenvalue weighted by Crippen LogP contribution is -2.02. The molecule has 0 amide bonds. The van der Waals surface area contributed by atoms with E-state index in [1.807, 2.05) is 24.3 Å². The molecule has 0 saturated carbocycles. The van der Waals surface area contributed by atoms with Crippen molar-refractivity contribution >= 4 is 39.3 Å². The molecule has 0 atom stereocenters. The van der Waals surface area contributed by atoms with E-state index in [9.17, 15) is 14.9 Å². The van der Waals surface area contributed by atoms with Gasteiger partial charge in [-0.2, -0.15) is 0 Å². The fraction of sp³-hybridized carbons (Fsp3) is 0.0714. The third kappa shape index (κ3) is 4.30. The number of carbonyl (C=O) groups is 1. The number of nitro groups is 1. The molecule has 0 fully saturated rings. The molecule has 0 aliphatic carbocycles. The molecule has 0 unspecified atom stereocenters. The highest BCUT2D eigenvalue weighted by Crippen LogP contribution is 2.33. The van der Waals surface area contributed by atoms with Crippen LogP contribution in [0.3, 0.4) is 0 Å². The quantitative estimate of drug-likeness (QED) is 0.634. The van der Waals surface area contributed by atoms with Crippen molar-refractivity contribution in [2.45, 2.75) is 16.2 Å². The first-order chi connectivity index (χ1) is 9.95. The summed E-state index contributed by atoms with van der Waals surface area (Å²) in [5.74, 6) is -1.02. The van der Waals surface area contributed by atoms with Crippen molar-refractivity contribution in [3.05, 3.63) is 62.6 Å². The molecular formula is C14H10BrNO4S. The van der Waals surface area contributed by atoms with Crippen LogP contribution in [0.5, 0.6) is 0 Å². The average molecular weight is 368 g/mol. The van der Waals surface area contributed by atoms with E-state index < -0.39 is 10.9 Å². The topological polar surface area (TPSA) is 80.4 Å². The van der Waals surface area contributed by atoms with E-state index >= 15 is 0 Å². The molecule has 0 saturated heterocycles. The molecule has 21 heavy (non-hydrogen) atoms. The highest BCUT2D eigenvalue weighted by Gasteiger charge is 2.14. The molecule has 2 aromatic rings. The van der Waals surface area contributed by atoms with Gasteiger partial charge in [0.25, 0.3) is 5.69 Å². The Bertz CT molecular complexity index is 688. The maximum Gasteiger partial charge on any atom is 0.307 e. The van der Waals surface area contributed by atoms with Gasteiger partial charge in [-0.25, -0.2) is 0 Å². The first kappa shape index (κ1) is 15.5. The summed E-state index contributed by atoms with van der Waals surface area (Å²) in [6.07, 6.45) is -0.249. The van der Waals surface area contributed by atoms with Gasteiger partial charge in [0, 0.05) is 26.4 Å². The van der Waals surface area contributed by atoms with Crippen molar-refractivity contribution in [2.24, 2.45) is 0 Å². The summed E-state index contributed by atoms with van der Waals surface area (Å²) < 4.78 is 0.946. The van der Waals surface area contributed by atoms with E-state index in [1.54, 1.807) is 6.07 Å². The molecular weight excluding hydrogens is 358 g/mol. The Morgan fingerprint density at radius 2 is 1.90 bits per heavy atom. The molecule has 0 bridgehead atoms. The number of nitro benzene ring substituents is 1. The molecule has 0 aromatic heterocycles. The predicted octanol–water partition coefficient (Wildman–Crippen LogP) is 4.14. The lowest BCUT2D eigenvalue weighted by atomic mass is 10.1. The number of carboxylic acid groups (broad SMARTS) is 1. The van der Waals surface area contributed by atoms with E-state index in [4.69, 9.17) is 5.11 Å². The summed E-state index contributed by atoms with van der Waals surface area (Å²) in [7, 11) is 0. The Balaban J connectivity index is 2.34. The second-order valence-electron chi connectivity index (χ2n) is 4.18. The number of nitrogens with zero attached hydrogens (tertiary/aromatic N) is 1. The molecule has 0 aliphatic heterocycles. The van der Waals surface area contributed by atoms with Crippen LogP contribution in [0.2, 0.25) is 0 Å². The molecule has 0 spiro atoms. The highest BCUT2D eigenvalue weighted by molar-refractivity contribution is 9.10. The minimum Gasteiger partial charge on any atom is -0.481 e. The molecule has 5 nitrogen and oxygen atoms in total. The van der Waals surface area contributed by atoms with E-state index in [0.29, 0.717) is 10.5 Å². The van der Waals surface area contributed by atoms with E-state index in [1.165, 1.54) is 23.9 Å². The number of benzene rings is 2. The largest absolute Gasteiger partial charge is 0.481 e. The standard InChI is InChI=1S/C14H10BrNO4S/c15-10-1-4-12(5-2-10)21-13-6-3-11(16(19)20)7-9(13)8-14(17)18/h1-7H,8H2,(H,17,18). The molecule has 2 aromatic carbocycles. The van der Waals surface area contributed by atoms with Gasteiger partial charge in [-0.1, -0.05) is 27.7 Å². The Kier molecular flexibility index (Phi) is 4.98. The van der Waals surface area contributed by atoms with Crippen LogP contribution < -0.4 is 0 Å². The van der Waals surface area contributed by atoms with Crippen molar-refractivity contribution in [1.29, 1.82) is 0 Å². The maximum atomic E-state index is 10.9. The van der Waals surface area contributed by atoms with Gasteiger partial charge in [-0.3, -0.25) is 14.9 Å². The first-order valence-electron chi connectivity index (χ1n) is 5.88. The van der Waals surface area contributed by atoms with Gasteiger partial charge in [-0.15, -0.1) is 0 Å². The maximum absolute atomic E-state index is 10.9. The number of halogens is 1.